The highest BCUT2D eigenvalue weighted by molar-refractivity contribution is 7.99. The van der Waals surface area contributed by atoms with Crippen molar-refractivity contribution in [2.45, 2.75) is 44.2 Å². The molecule has 6 heteroatoms. The Labute approximate surface area is 141 Å². The van der Waals surface area contributed by atoms with Crippen molar-refractivity contribution >= 4 is 11.8 Å². The maximum atomic E-state index is 10.5. The van der Waals surface area contributed by atoms with Crippen LogP contribution in [-0.4, -0.2) is 39.0 Å². The third-order valence-corrected chi connectivity index (χ3v) is 5.43. The highest BCUT2D eigenvalue weighted by Crippen LogP contribution is 2.34. The van der Waals surface area contributed by atoms with Gasteiger partial charge in [0, 0.05) is 6.04 Å². The molecule has 1 N–H and O–H groups in total. The van der Waals surface area contributed by atoms with Gasteiger partial charge in [-0.2, -0.15) is 16.7 Å². The molecule has 5 nitrogen and oxygen atoms in total. The van der Waals surface area contributed by atoms with E-state index in [1.54, 1.807) is 11.8 Å². The van der Waals surface area contributed by atoms with E-state index in [2.05, 4.69) is 35.0 Å². The number of fused-ring (bicyclic) bond motifs is 1. The van der Waals surface area contributed by atoms with Crippen LogP contribution in [0.2, 0.25) is 0 Å². The van der Waals surface area contributed by atoms with Crippen molar-refractivity contribution in [2.24, 2.45) is 0 Å². The van der Waals surface area contributed by atoms with Crippen LogP contribution >= 0.6 is 11.8 Å². The topological polar surface area (TPSA) is 62.4 Å². The van der Waals surface area contributed by atoms with Crippen molar-refractivity contribution in [1.82, 2.24) is 15.0 Å². The first-order valence-electron chi connectivity index (χ1n) is 8.00. The SMILES string of the molecule is CCS[C@H](C)c1noc(CN(C)[C@@H]2Cc3ccccc3[C@H]2O)n1. The summed E-state index contributed by atoms with van der Waals surface area (Å²) in [5.41, 5.74) is 2.25. The van der Waals surface area contributed by atoms with E-state index in [1.165, 1.54) is 5.56 Å². The zero-order chi connectivity index (χ0) is 16.4. The zero-order valence-electron chi connectivity index (χ0n) is 13.8. The summed E-state index contributed by atoms with van der Waals surface area (Å²) < 4.78 is 5.38. The van der Waals surface area contributed by atoms with Crippen molar-refractivity contribution in [1.29, 1.82) is 0 Å². The van der Waals surface area contributed by atoms with Gasteiger partial charge in [-0.3, -0.25) is 4.90 Å². The highest BCUT2D eigenvalue weighted by Gasteiger charge is 2.33. The summed E-state index contributed by atoms with van der Waals surface area (Å²) in [6.07, 6.45) is 0.380. The summed E-state index contributed by atoms with van der Waals surface area (Å²) >= 11 is 1.80. The molecule has 3 atom stereocenters. The first-order valence-corrected chi connectivity index (χ1v) is 9.05. The molecule has 1 aromatic heterocycles. The molecule has 0 aliphatic heterocycles. The lowest BCUT2D eigenvalue weighted by Crippen LogP contribution is -2.34. The van der Waals surface area contributed by atoms with Gasteiger partial charge in [-0.25, -0.2) is 0 Å². The average Bonchev–Trinajstić information content (AvgIpc) is 3.13. The third-order valence-electron chi connectivity index (χ3n) is 4.38. The third kappa shape index (κ3) is 3.44. The van der Waals surface area contributed by atoms with E-state index < -0.39 is 6.10 Å². The molecule has 3 rings (SSSR count). The lowest BCUT2D eigenvalue weighted by molar-refractivity contribution is 0.0664. The highest BCUT2D eigenvalue weighted by atomic mass is 32.2. The summed E-state index contributed by atoms with van der Waals surface area (Å²) in [6.45, 7) is 4.76. The van der Waals surface area contributed by atoms with E-state index in [-0.39, 0.29) is 11.3 Å². The molecule has 0 saturated heterocycles. The van der Waals surface area contributed by atoms with Crippen LogP contribution in [0, 0.1) is 0 Å². The quantitative estimate of drug-likeness (QED) is 0.877. The molecule has 0 radical (unpaired) electrons. The van der Waals surface area contributed by atoms with Gasteiger partial charge < -0.3 is 9.63 Å². The number of likely N-dealkylation sites (N-methyl/N-ethyl adjacent to an activating group) is 1. The van der Waals surface area contributed by atoms with E-state index >= 15 is 0 Å². The van der Waals surface area contributed by atoms with Crippen molar-refractivity contribution in [3.8, 4) is 0 Å². The molecular formula is C17H23N3O2S. The van der Waals surface area contributed by atoms with Crippen LogP contribution in [0.3, 0.4) is 0 Å². The number of hydrogen-bond donors (Lipinski definition) is 1. The molecule has 1 aliphatic rings. The fourth-order valence-corrected chi connectivity index (χ4v) is 3.85. The number of hydrogen-bond acceptors (Lipinski definition) is 6. The van der Waals surface area contributed by atoms with Crippen LogP contribution in [0.25, 0.3) is 0 Å². The summed E-state index contributed by atoms with van der Waals surface area (Å²) in [5, 5.41) is 14.9. The second-order valence-corrected chi connectivity index (χ2v) is 7.59. The van der Waals surface area contributed by atoms with Crippen LogP contribution in [0.1, 0.15) is 48.0 Å². The minimum Gasteiger partial charge on any atom is -0.387 e. The van der Waals surface area contributed by atoms with E-state index in [9.17, 15) is 5.11 Å². The number of thioether (sulfide) groups is 1. The van der Waals surface area contributed by atoms with Crippen molar-refractivity contribution < 1.29 is 9.63 Å². The molecule has 0 amide bonds. The second kappa shape index (κ2) is 7.03. The van der Waals surface area contributed by atoms with E-state index in [0.717, 1.165) is 23.6 Å². The normalized spacial score (nSPS) is 21.6. The van der Waals surface area contributed by atoms with Crippen LogP contribution in [-0.2, 0) is 13.0 Å². The van der Waals surface area contributed by atoms with Gasteiger partial charge in [0.25, 0.3) is 0 Å². The van der Waals surface area contributed by atoms with Gasteiger partial charge in [-0.15, -0.1) is 0 Å². The van der Waals surface area contributed by atoms with E-state index in [4.69, 9.17) is 4.52 Å². The zero-order valence-corrected chi connectivity index (χ0v) is 14.6. The molecule has 0 bridgehead atoms. The molecule has 1 aliphatic carbocycles. The Bertz CT molecular complexity index is 661. The lowest BCUT2D eigenvalue weighted by atomic mass is 10.1. The number of aliphatic hydroxyl groups excluding tert-OH is 1. The Hall–Kier alpha value is -1.37. The molecule has 1 heterocycles. The number of rotatable bonds is 6. The largest absolute Gasteiger partial charge is 0.387 e. The summed E-state index contributed by atoms with van der Waals surface area (Å²) in [7, 11) is 1.99. The molecule has 0 unspecified atom stereocenters. The fourth-order valence-electron chi connectivity index (χ4n) is 3.10. The second-order valence-electron chi connectivity index (χ2n) is 5.97. The molecular weight excluding hydrogens is 310 g/mol. The van der Waals surface area contributed by atoms with Gasteiger partial charge in [-0.1, -0.05) is 36.3 Å². The Balaban J connectivity index is 1.65. The number of benzene rings is 1. The minimum atomic E-state index is -0.465. The fraction of sp³-hybridized carbons (Fsp3) is 0.529. The molecule has 23 heavy (non-hydrogen) atoms. The van der Waals surface area contributed by atoms with Gasteiger partial charge in [0.2, 0.25) is 5.89 Å². The molecule has 124 valence electrons. The minimum absolute atomic E-state index is 0.0465. The monoisotopic (exact) mass is 333 g/mol. The Morgan fingerprint density at radius 2 is 2.22 bits per heavy atom. The first-order chi connectivity index (χ1) is 11.1. The number of aliphatic hydroxyl groups is 1. The maximum absolute atomic E-state index is 10.5. The Morgan fingerprint density at radius 1 is 1.43 bits per heavy atom. The van der Waals surface area contributed by atoms with Gasteiger partial charge in [0.05, 0.1) is 17.9 Å². The first kappa shape index (κ1) is 16.5. The Kier molecular flexibility index (Phi) is 5.04. The van der Waals surface area contributed by atoms with E-state index in [0.29, 0.717) is 12.4 Å². The molecule has 1 aromatic carbocycles. The number of nitrogens with zero attached hydrogens (tertiary/aromatic N) is 3. The predicted octanol–water partition coefficient (Wildman–Crippen LogP) is 2.97. The smallest absolute Gasteiger partial charge is 0.240 e. The summed E-state index contributed by atoms with van der Waals surface area (Å²) in [4.78, 5) is 6.59. The molecule has 0 fully saturated rings. The van der Waals surface area contributed by atoms with Crippen molar-refractivity contribution in [2.75, 3.05) is 12.8 Å². The van der Waals surface area contributed by atoms with Crippen molar-refractivity contribution in [3.05, 3.63) is 47.1 Å². The Morgan fingerprint density at radius 3 is 2.96 bits per heavy atom. The van der Waals surface area contributed by atoms with Gasteiger partial charge in [0.15, 0.2) is 5.82 Å². The van der Waals surface area contributed by atoms with Gasteiger partial charge in [0.1, 0.15) is 0 Å². The molecule has 0 saturated carbocycles. The molecule has 0 spiro atoms. The van der Waals surface area contributed by atoms with Gasteiger partial charge in [-0.05, 0) is 37.3 Å². The van der Waals surface area contributed by atoms with Crippen LogP contribution in [0.5, 0.6) is 0 Å². The maximum Gasteiger partial charge on any atom is 0.240 e. The van der Waals surface area contributed by atoms with Crippen LogP contribution < -0.4 is 0 Å². The summed E-state index contributed by atoms with van der Waals surface area (Å²) in [6, 6.07) is 8.13. The van der Waals surface area contributed by atoms with Crippen molar-refractivity contribution in [3.63, 3.8) is 0 Å². The summed E-state index contributed by atoms with van der Waals surface area (Å²) in [5.74, 6) is 2.38. The molecule has 2 aromatic rings. The van der Waals surface area contributed by atoms with Crippen LogP contribution in [0.4, 0.5) is 0 Å². The predicted molar refractivity (Wildman–Crippen MR) is 91.2 cm³/mol. The van der Waals surface area contributed by atoms with E-state index in [1.807, 2.05) is 25.2 Å². The average molecular weight is 333 g/mol. The van der Waals surface area contributed by atoms with Crippen LogP contribution in [0.15, 0.2) is 28.8 Å². The lowest BCUT2D eigenvalue weighted by Gasteiger charge is -2.25. The standard InChI is InChI=1S/C17H23N3O2S/c1-4-23-11(2)17-18-15(22-19-17)10-20(3)14-9-12-7-5-6-8-13(12)16(14)21/h5-8,11,14,16,21H,4,9-10H2,1-3H3/t11-,14-,16-/m1/s1. The number of aromatic nitrogens is 2. The van der Waals surface area contributed by atoms with Gasteiger partial charge >= 0.3 is 0 Å².